The first-order valence-electron chi connectivity index (χ1n) is 10.3. The van der Waals surface area contributed by atoms with E-state index in [0.717, 1.165) is 0 Å². The van der Waals surface area contributed by atoms with Crippen LogP contribution in [0.2, 0.25) is 5.02 Å². The third-order valence-corrected chi connectivity index (χ3v) is 7.31. The van der Waals surface area contributed by atoms with E-state index in [1.54, 1.807) is 37.3 Å². The van der Waals surface area contributed by atoms with Crippen LogP contribution in [0.4, 0.5) is 0 Å². The number of benzene rings is 2. The zero-order chi connectivity index (χ0) is 24.6. The lowest BCUT2D eigenvalue weighted by Crippen LogP contribution is -2.54. The number of hydrogen-bond donors (Lipinski definition) is 1. The highest BCUT2D eigenvalue weighted by molar-refractivity contribution is 7.90. The smallest absolute Gasteiger partial charge is 0.269 e. The number of carbonyl (C=O) groups is 3. The molecule has 0 saturated heterocycles. The second-order valence-corrected chi connectivity index (χ2v) is 11.1. The monoisotopic (exact) mass is 491 g/mol. The number of rotatable bonds is 6. The van der Waals surface area contributed by atoms with E-state index in [-0.39, 0.29) is 17.0 Å². The summed E-state index contributed by atoms with van der Waals surface area (Å²) in [4.78, 5) is 40.0. The molecule has 8 nitrogen and oxygen atoms in total. The molecule has 3 rings (SSSR count). The maximum Gasteiger partial charge on any atom is 0.269 e. The van der Waals surface area contributed by atoms with Gasteiger partial charge in [0.1, 0.15) is 17.5 Å². The topological polar surface area (TPSA) is 104 Å². The van der Waals surface area contributed by atoms with Crippen molar-refractivity contribution in [3.05, 3.63) is 64.7 Å². The summed E-state index contributed by atoms with van der Waals surface area (Å²) in [6.07, 6.45) is 0. The van der Waals surface area contributed by atoms with Gasteiger partial charge < -0.3 is 10.2 Å². The number of nitrogens with one attached hydrogen (secondary N) is 1. The highest BCUT2D eigenvalue weighted by atomic mass is 35.5. The predicted molar refractivity (Wildman–Crippen MR) is 124 cm³/mol. The molecule has 10 heteroatoms. The first kappa shape index (κ1) is 24.7. The van der Waals surface area contributed by atoms with Crippen molar-refractivity contribution in [2.24, 2.45) is 0 Å². The standard InChI is InChI=1S/C23H26ClN3O5S/c1-15(21(29)25-23(2,3)4)26(13-16-9-5-7-11-18(16)24)20(28)14-27-22(30)17-10-6-8-12-19(17)33(27,31)32/h5-12,15H,13-14H2,1-4H3,(H,25,29)/t15-/m1/s1. The lowest BCUT2D eigenvalue weighted by Gasteiger charge is -2.32. The predicted octanol–water partition coefficient (Wildman–Crippen LogP) is 2.82. The highest BCUT2D eigenvalue weighted by Crippen LogP contribution is 2.30. The SMILES string of the molecule is C[C@H](C(=O)NC(C)(C)C)N(Cc1ccccc1Cl)C(=O)CN1C(=O)c2ccccc2S1(=O)=O. The van der Waals surface area contributed by atoms with Crippen molar-refractivity contribution in [3.8, 4) is 0 Å². The maximum absolute atomic E-state index is 13.4. The second-order valence-electron chi connectivity index (χ2n) is 8.84. The quantitative estimate of drug-likeness (QED) is 0.669. The van der Waals surface area contributed by atoms with Gasteiger partial charge in [0.25, 0.3) is 15.9 Å². The Balaban J connectivity index is 1.92. The Hall–Kier alpha value is -2.91. The fraction of sp³-hybridized carbons (Fsp3) is 0.348. The first-order valence-corrected chi connectivity index (χ1v) is 12.2. The van der Waals surface area contributed by atoms with Crippen molar-refractivity contribution < 1.29 is 22.8 Å². The molecule has 0 spiro atoms. The number of fused-ring (bicyclic) bond motifs is 1. The number of amides is 3. The minimum Gasteiger partial charge on any atom is -0.350 e. The minimum atomic E-state index is -4.17. The Kier molecular flexibility index (Phi) is 6.85. The molecule has 0 radical (unpaired) electrons. The molecule has 1 heterocycles. The summed E-state index contributed by atoms with van der Waals surface area (Å²) in [5.74, 6) is -1.89. The molecule has 1 aliphatic rings. The first-order chi connectivity index (χ1) is 15.3. The lowest BCUT2D eigenvalue weighted by atomic mass is 10.1. The van der Waals surface area contributed by atoms with Crippen molar-refractivity contribution in [2.75, 3.05) is 6.54 Å². The summed E-state index contributed by atoms with van der Waals surface area (Å²) in [6.45, 7) is 6.21. The van der Waals surface area contributed by atoms with Crippen LogP contribution in [0.25, 0.3) is 0 Å². The van der Waals surface area contributed by atoms with Crippen LogP contribution in [0.3, 0.4) is 0 Å². The maximum atomic E-state index is 13.4. The van der Waals surface area contributed by atoms with Crippen LogP contribution < -0.4 is 5.32 Å². The van der Waals surface area contributed by atoms with E-state index in [9.17, 15) is 22.8 Å². The number of carbonyl (C=O) groups excluding carboxylic acids is 3. The van der Waals surface area contributed by atoms with Gasteiger partial charge in [-0.2, -0.15) is 0 Å². The van der Waals surface area contributed by atoms with E-state index < -0.39 is 45.9 Å². The Bertz CT molecular complexity index is 1210. The Morgan fingerprint density at radius 1 is 1.09 bits per heavy atom. The van der Waals surface area contributed by atoms with Crippen molar-refractivity contribution >= 4 is 39.3 Å². The summed E-state index contributed by atoms with van der Waals surface area (Å²) < 4.78 is 26.3. The van der Waals surface area contributed by atoms with Gasteiger partial charge in [-0.05, 0) is 51.5 Å². The van der Waals surface area contributed by atoms with Gasteiger partial charge in [-0.15, -0.1) is 0 Å². The molecule has 1 N–H and O–H groups in total. The zero-order valence-electron chi connectivity index (χ0n) is 18.8. The van der Waals surface area contributed by atoms with Crippen molar-refractivity contribution in [1.29, 1.82) is 0 Å². The molecule has 0 bridgehead atoms. The molecule has 0 aromatic heterocycles. The Labute approximate surface area is 198 Å². The van der Waals surface area contributed by atoms with E-state index in [1.807, 2.05) is 20.8 Å². The highest BCUT2D eigenvalue weighted by Gasteiger charge is 2.43. The van der Waals surface area contributed by atoms with E-state index in [4.69, 9.17) is 11.6 Å². The molecule has 0 aliphatic carbocycles. The molecule has 33 heavy (non-hydrogen) atoms. The van der Waals surface area contributed by atoms with Crippen LogP contribution in [0.1, 0.15) is 43.6 Å². The van der Waals surface area contributed by atoms with Crippen LogP contribution in [-0.4, -0.2) is 53.5 Å². The van der Waals surface area contributed by atoms with E-state index in [0.29, 0.717) is 14.9 Å². The summed E-state index contributed by atoms with van der Waals surface area (Å²) in [5, 5.41) is 3.22. The summed E-state index contributed by atoms with van der Waals surface area (Å²) in [7, 11) is -4.17. The molecule has 0 fully saturated rings. The molecule has 0 unspecified atom stereocenters. The molecule has 3 amide bonds. The second kappa shape index (κ2) is 9.15. The number of nitrogens with zero attached hydrogens (tertiary/aromatic N) is 2. The normalized spacial score (nSPS) is 15.7. The third kappa shape index (κ3) is 5.20. The van der Waals surface area contributed by atoms with Gasteiger partial charge >= 0.3 is 0 Å². The zero-order valence-corrected chi connectivity index (χ0v) is 20.4. The fourth-order valence-corrected chi connectivity index (χ4v) is 5.18. The van der Waals surface area contributed by atoms with Gasteiger partial charge in [-0.3, -0.25) is 14.4 Å². The van der Waals surface area contributed by atoms with Crippen molar-refractivity contribution in [2.45, 2.75) is 50.7 Å². The van der Waals surface area contributed by atoms with Gasteiger partial charge in [0.2, 0.25) is 11.8 Å². The molecular weight excluding hydrogens is 466 g/mol. The van der Waals surface area contributed by atoms with Crippen LogP contribution in [0.5, 0.6) is 0 Å². The molecule has 1 atom stereocenters. The average Bonchev–Trinajstić information content (AvgIpc) is 2.92. The molecule has 0 saturated carbocycles. The van der Waals surface area contributed by atoms with Crippen LogP contribution in [0, 0.1) is 0 Å². The van der Waals surface area contributed by atoms with Gasteiger partial charge in [0.05, 0.1) is 5.56 Å². The number of halogens is 1. The van der Waals surface area contributed by atoms with Crippen molar-refractivity contribution in [1.82, 2.24) is 14.5 Å². The van der Waals surface area contributed by atoms with E-state index in [2.05, 4.69) is 5.32 Å². The molecular formula is C23H26ClN3O5S. The third-order valence-electron chi connectivity index (χ3n) is 5.15. The van der Waals surface area contributed by atoms with Gasteiger partial charge in [0.15, 0.2) is 0 Å². The molecule has 176 valence electrons. The van der Waals surface area contributed by atoms with Crippen LogP contribution in [-0.2, 0) is 26.2 Å². The molecule has 1 aliphatic heterocycles. The van der Waals surface area contributed by atoms with Gasteiger partial charge in [-0.25, -0.2) is 12.7 Å². The number of hydrogen-bond acceptors (Lipinski definition) is 5. The van der Waals surface area contributed by atoms with E-state index >= 15 is 0 Å². The Morgan fingerprint density at radius 3 is 2.30 bits per heavy atom. The van der Waals surface area contributed by atoms with Crippen LogP contribution >= 0.6 is 11.6 Å². The van der Waals surface area contributed by atoms with Crippen molar-refractivity contribution in [3.63, 3.8) is 0 Å². The van der Waals surface area contributed by atoms with Gasteiger partial charge in [-0.1, -0.05) is 41.9 Å². The lowest BCUT2D eigenvalue weighted by molar-refractivity contribution is -0.141. The largest absolute Gasteiger partial charge is 0.350 e. The number of sulfonamides is 1. The average molecular weight is 492 g/mol. The fourth-order valence-electron chi connectivity index (χ4n) is 3.47. The summed E-state index contributed by atoms with van der Waals surface area (Å²) in [5.41, 5.74) is 0.0590. The molecule has 2 aromatic carbocycles. The van der Waals surface area contributed by atoms with E-state index in [1.165, 1.54) is 23.1 Å². The molecule has 2 aromatic rings. The summed E-state index contributed by atoms with van der Waals surface area (Å²) in [6, 6.07) is 11.7. The van der Waals surface area contributed by atoms with Gasteiger partial charge in [0, 0.05) is 17.1 Å². The Morgan fingerprint density at radius 2 is 1.70 bits per heavy atom. The summed E-state index contributed by atoms with van der Waals surface area (Å²) >= 11 is 6.26. The minimum absolute atomic E-state index is 0.0153. The van der Waals surface area contributed by atoms with Crippen LogP contribution in [0.15, 0.2) is 53.4 Å².